The van der Waals surface area contributed by atoms with Crippen LogP contribution in [0.15, 0.2) is 66.9 Å². The molecule has 1 amide bonds. The molecule has 5 rings (SSSR count). The first-order valence-corrected chi connectivity index (χ1v) is 10.3. The van der Waals surface area contributed by atoms with Crippen molar-refractivity contribution in [1.82, 2.24) is 19.5 Å². The molecule has 3 heterocycles. The number of benzene rings is 2. The predicted octanol–water partition coefficient (Wildman–Crippen LogP) is 5.45. The number of nitrogens with zero attached hydrogens (tertiary/aromatic N) is 4. The Bertz CT molecular complexity index is 1290. The predicted molar refractivity (Wildman–Crippen MR) is 113 cm³/mol. The van der Waals surface area contributed by atoms with Crippen LogP contribution in [0.2, 0.25) is 0 Å². The zero-order valence-electron chi connectivity index (χ0n) is 17.0. The van der Waals surface area contributed by atoms with Crippen LogP contribution in [0.3, 0.4) is 0 Å². The van der Waals surface area contributed by atoms with E-state index in [1.807, 2.05) is 6.07 Å². The van der Waals surface area contributed by atoms with Crippen molar-refractivity contribution in [1.29, 1.82) is 0 Å². The second-order valence-electron chi connectivity index (χ2n) is 7.74. The summed E-state index contributed by atoms with van der Waals surface area (Å²) in [5, 5.41) is 4.05. The lowest BCUT2D eigenvalue weighted by Crippen LogP contribution is -2.30. The number of hydrogen-bond donors (Lipinski definition) is 0. The maximum atomic E-state index is 13.8. The minimum atomic E-state index is -2.79. The molecule has 2 aromatic heterocycles. The normalized spacial score (nSPS) is 16.2. The van der Waals surface area contributed by atoms with Crippen LogP contribution in [-0.2, 0) is 0 Å². The molecule has 1 aliphatic heterocycles. The van der Waals surface area contributed by atoms with Crippen molar-refractivity contribution >= 4 is 11.6 Å². The molecule has 162 valence electrons. The summed E-state index contributed by atoms with van der Waals surface area (Å²) in [4.78, 5) is 19.6. The van der Waals surface area contributed by atoms with E-state index in [1.165, 1.54) is 24.4 Å². The maximum absolute atomic E-state index is 13.8. The van der Waals surface area contributed by atoms with Gasteiger partial charge in [0, 0.05) is 12.1 Å². The Kier molecular flexibility index (Phi) is 5.13. The van der Waals surface area contributed by atoms with Crippen LogP contribution in [0.25, 0.3) is 16.9 Å². The smallest absolute Gasteiger partial charge is 0.280 e. The number of fused-ring (bicyclic) bond motifs is 1. The highest BCUT2D eigenvalue weighted by Crippen LogP contribution is 2.34. The second-order valence-corrected chi connectivity index (χ2v) is 7.74. The maximum Gasteiger partial charge on any atom is 0.280 e. The van der Waals surface area contributed by atoms with Gasteiger partial charge in [-0.25, -0.2) is 22.7 Å². The fraction of sp³-hybridized carbons (Fsp3) is 0.208. The molecule has 32 heavy (non-hydrogen) atoms. The van der Waals surface area contributed by atoms with Gasteiger partial charge in [-0.05, 0) is 36.6 Å². The fourth-order valence-electron chi connectivity index (χ4n) is 4.27. The quantitative estimate of drug-likeness (QED) is 0.428. The molecule has 0 spiro atoms. The molecule has 0 saturated carbocycles. The Hall–Kier alpha value is -3.68. The van der Waals surface area contributed by atoms with E-state index >= 15 is 0 Å². The van der Waals surface area contributed by atoms with Crippen molar-refractivity contribution in [3.05, 3.63) is 89.5 Å². The first kappa shape index (κ1) is 20.2. The third-order valence-electron chi connectivity index (χ3n) is 5.77. The van der Waals surface area contributed by atoms with Crippen LogP contribution in [0.5, 0.6) is 0 Å². The van der Waals surface area contributed by atoms with Crippen LogP contribution in [0.4, 0.5) is 13.2 Å². The van der Waals surface area contributed by atoms with Gasteiger partial charge in [0.2, 0.25) is 0 Å². The summed E-state index contributed by atoms with van der Waals surface area (Å²) in [6.45, 7) is 0.484. The molecule has 1 saturated heterocycles. The monoisotopic (exact) mass is 436 g/mol. The third-order valence-corrected chi connectivity index (χ3v) is 5.77. The minimum absolute atomic E-state index is 0.0801. The Labute approximate surface area is 182 Å². The molecule has 0 radical (unpaired) electrons. The number of hydrogen-bond acceptors (Lipinski definition) is 3. The van der Waals surface area contributed by atoms with E-state index in [0.717, 1.165) is 10.9 Å². The summed E-state index contributed by atoms with van der Waals surface area (Å²) in [6.07, 6.45) is -0.0550. The lowest BCUT2D eigenvalue weighted by molar-refractivity contribution is 0.0737. The van der Waals surface area contributed by atoms with Gasteiger partial charge in [0.25, 0.3) is 12.3 Å². The van der Waals surface area contributed by atoms with E-state index in [2.05, 4.69) is 10.1 Å². The number of likely N-dealkylation sites (tertiary alicyclic amines) is 1. The average Bonchev–Trinajstić information content (AvgIpc) is 3.46. The Morgan fingerprint density at radius 2 is 1.88 bits per heavy atom. The lowest BCUT2D eigenvalue weighted by atomic mass is 10.0. The van der Waals surface area contributed by atoms with E-state index in [1.54, 1.807) is 41.3 Å². The highest BCUT2D eigenvalue weighted by atomic mass is 19.3. The summed E-state index contributed by atoms with van der Waals surface area (Å²) >= 11 is 0. The van der Waals surface area contributed by atoms with E-state index in [0.29, 0.717) is 29.8 Å². The zero-order valence-corrected chi connectivity index (χ0v) is 17.0. The minimum Gasteiger partial charge on any atom is -0.331 e. The van der Waals surface area contributed by atoms with Crippen molar-refractivity contribution in [3.8, 4) is 11.3 Å². The summed E-state index contributed by atoms with van der Waals surface area (Å²) in [5.41, 5.74) is 1.60. The summed E-state index contributed by atoms with van der Waals surface area (Å²) < 4.78 is 42.4. The van der Waals surface area contributed by atoms with Gasteiger partial charge in [-0.2, -0.15) is 5.10 Å². The number of halogens is 3. The van der Waals surface area contributed by atoms with Gasteiger partial charge in [-0.3, -0.25) is 4.79 Å². The molecule has 1 unspecified atom stereocenters. The van der Waals surface area contributed by atoms with E-state index in [4.69, 9.17) is 0 Å². The van der Waals surface area contributed by atoms with E-state index in [-0.39, 0.29) is 34.7 Å². The molecule has 0 N–H and O–H groups in total. The van der Waals surface area contributed by atoms with Gasteiger partial charge >= 0.3 is 0 Å². The summed E-state index contributed by atoms with van der Waals surface area (Å²) in [5.74, 6) is -0.724. The summed E-state index contributed by atoms with van der Waals surface area (Å²) in [6, 6.07) is 16.1. The standard InChI is InChI=1S/C24H19F3N4O/c25-17-9-4-8-16(12-17)20-10-5-11-30(20)24(32)18-14-28-31-21(22(26)27)13-19(29-23(18)31)15-6-2-1-3-7-15/h1-4,6-9,12-14,20,22H,5,10-11H2. The van der Waals surface area contributed by atoms with E-state index < -0.39 is 6.43 Å². The Balaban J connectivity index is 1.59. The Morgan fingerprint density at radius 1 is 1.06 bits per heavy atom. The van der Waals surface area contributed by atoms with E-state index in [9.17, 15) is 18.0 Å². The van der Waals surface area contributed by atoms with Gasteiger partial charge in [0.15, 0.2) is 5.65 Å². The zero-order chi connectivity index (χ0) is 22.2. The molecule has 1 aliphatic rings. The topological polar surface area (TPSA) is 50.5 Å². The lowest BCUT2D eigenvalue weighted by Gasteiger charge is -2.24. The molecule has 1 fully saturated rings. The number of alkyl halides is 2. The molecule has 2 aromatic carbocycles. The van der Waals surface area contributed by atoms with Crippen molar-refractivity contribution < 1.29 is 18.0 Å². The van der Waals surface area contributed by atoms with Gasteiger partial charge in [0.05, 0.1) is 17.9 Å². The molecular formula is C24H19F3N4O. The van der Waals surface area contributed by atoms with Crippen LogP contribution in [-0.4, -0.2) is 31.9 Å². The van der Waals surface area contributed by atoms with Crippen molar-refractivity contribution in [2.24, 2.45) is 0 Å². The molecule has 0 aliphatic carbocycles. The number of aromatic nitrogens is 3. The van der Waals surface area contributed by atoms with Crippen molar-refractivity contribution in [2.75, 3.05) is 6.54 Å². The fourth-order valence-corrected chi connectivity index (χ4v) is 4.27. The molecule has 8 heteroatoms. The van der Waals surface area contributed by atoms with Gasteiger partial charge in [-0.15, -0.1) is 0 Å². The molecular weight excluding hydrogens is 417 g/mol. The summed E-state index contributed by atoms with van der Waals surface area (Å²) in [7, 11) is 0. The van der Waals surface area contributed by atoms with Gasteiger partial charge in [0.1, 0.15) is 17.1 Å². The number of carbonyl (C=O) groups is 1. The first-order chi connectivity index (χ1) is 15.5. The molecule has 1 atom stereocenters. The van der Waals surface area contributed by atoms with Crippen LogP contribution in [0, 0.1) is 5.82 Å². The average molecular weight is 436 g/mol. The van der Waals surface area contributed by atoms with Crippen LogP contribution < -0.4 is 0 Å². The highest BCUT2D eigenvalue weighted by Gasteiger charge is 2.33. The van der Waals surface area contributed by atoms with Crippen LogP contribution in [0.1, 0.15) is 46.9 Å². The number of amides is 1. The molecule has 4 aromatic rings. The largest absolute Gasteiger partial charge is 0.331 e. The van der Waals surface area contributed by atoms with Crippen molar-refractivity contribution in [2.45, 2.75) is 25.3 Å². The second kappa shape index (κ2) is 8.11. The number of rotatable bonds is 4. The molecule has 5 nitrogen and oxygen atoms in total. The van der Waals surface area contributed by atoms with Crippen LogP contribution >= 0.6 is 0 Å². The Morgan fingerprint density at radius 3 is 2.62 bits per heavy atom. The first-order valence-electron chi connectivity index (χ1n) is 10.3. The highest BCUT2D eigenvalue weighted by molar-refractivity contribution is 6.00. The van der Waals surface area contributed by atoms with Gasteiger partial charge in [-0.1, -0.05) is 42.5 Å². The van der Waals surface area contributed by atoms with Gasteiger partial charge < -0.3 is 4.90 Å². The SMILES string of the molecule is O=C(c1cnn2c(C(F)F)cc(-c3ccccc3)nc12)N1CCCC1c1cccc(F)c1. The third kappa shape index (κ3) is 3.51. The number of carbonyl (C=O) groups excluding carboxylic acids is 1. The molecule has 0 bridgehead atoms. The van der Waals surface area contributed by atoms with Crippen molar-refractivity contribution in [3.63, 3.8) is 0 Å².